The number of hydrogen-bond donors (Lipinski definition) is 4. The zero-order valence-corrected chi connectivity index (χ0v) is 24.1. The molecule has 0 aliphatic heterocycles. The van der Waals surface area contributed by atoms with Crippen LogP contribution in [0.4, 0.5) is 0 Å². The second-order valence-electron chi connectivity index (χ2n) is 11.1. The highest BCUT2D eigenvalue weighted by Gasteiger charge is 2.25. The third-order valence-electron chi connectivity index (χ3n) is 8.52. The Morgan fingerprint density at radius 2 is 1.00 bits per heavy atom. The van der Waals surface area contributed by atoms with Gasteiger partial charge >= 0.3 is 0 Å². The molecule has 1 aromatic heterocycles. The number of aromatic nitrogens is 1. The summed E-state index contributed by atoms with van der Waals surface area (Å²) in [6.07, 6.45) is 0. The first kappa shape index (κ1) is 27.2. The molecular formula is C39H31NO4. The lowest BCUT2D eigenvalue weighted by Gasteiger charge is -2.23. The minimum Gasteiger partial charge on any atom is -0.508 e. The molecule has 0 spiro atoms. The van der Waals surface area contributed by atoms with Gasteiger partial charge in [0.05, 0.1) is 0 Å². The standard InChI is InChI=1S/C39H31NO4/c1-2-40-35-6-4-3-5-31(35)32-23-28(11-18-36(32)40)39(33-21-26(12-19-37(33)43)24-7-14-29(41)15-8-24)34-22-27(13-20-38(34)44)25-9-16-30(42)17-10-25/h3-23,39,41-44H,2H2,1H3. The summed E-state index contributed by atoms with van der Waals surface area (Å²) in [7, 11) is 0. The summed E-state index contributed by atoms with van der Waals surface area (Å²) >= 11 is 0. The van der Waals surface area contributed by atoms with Crippen molar-refractivity contribution < 1.29 is 20.4 Å². The Labute approximate surface area is 255 Å². The van der Waals surface area contributed by atoms with Crippen LogP contribution in [-0.2, 0) is 6.54 Å². The summed E-state index contributed by atoms with van der Waals surface area (Å²) in [4.78, 5) is 0. The Hall–Kier alpha value is -5.68. The summed E-state index contributed by atoms with van der Waals surface area (Å²) in [5.74, 6) is 0.0747. The fraction of sp³-hybridized carbons (Fsp3) is 0.0769. The molecule has 0 unspecified atom stereocenters. The van der Waals surface area contributed by atoms with Gasteiger partial charge in [0, 0.05) is 45.4 Å². The van der Waals surface area contributed by atoms with Crippen LogP contribution in [0.15, 0.2) is 127 Å². The van der Waals surface area contributed by atoms with Crippen LogP contribution in [-0.4, -0.2) is 25.0 Å². The van der Waals surface area contributed by atoms with Gasteiger partial charge in [-0.05, 0) is 101 Å². The molecule has 1 heterocycles. The average Bonchev–Trinajstić information content (AvgIpc) is 3.37. The molecule has 7 aromatic rings. The number of nitrogens with zero attached hydrogens (tertiary/aromatic N) is 1. The Kier molecular flexibility index (Phi) is 6.71. The largest absolute Gasteiger partial charge is 0.508 e. The Balaban J connectivity index is 1.48. The predicted octanol–water partition coefficient (Wildman–Crippen LogP) is 9.15. The van der Waals surface area contributed by atoms with Gasteiger partial charge in [-0.25, -0.2) is 0 Å². The normalized spacial score (nSPS) is 11.5. The van der Waals surface area contributed by atoms with E-state index in [1.807, 2.05) is 54.6 Å². The van der Waals surface area contributed by atoms with Crippen molar-refractivity contribution in [2.45, 2.75) is 19.4 Å². The van der Waals surface area contributed by atoms with Gasteiger partial charge in [0.1, 0.15) is 23.0 Å². The molecule has 0 saturated carbocycles. The van der Waals surface area contributed by atoms with Gasteiger partial charge in [0.15, 0.2) is 0 Å². The monoisotopic (exact) mass is 577 g/mol. The van der Waals surface area contributed by atoms with Crippen molar-refractivity contribution in [3.63, 3.8) is 0 Å². The Morgan fingerprint density at radius 1 is 0.500 bits per heavy atom. The first-order chi connectivity index (χ1) is 21.4. The maximum absolute atomic E-state index is 11.4. The van der Waals surface area contributed by atoms with E-state index < -0.39 is 5.92 Å². The van der Waals surface area contributed by atoms with Crippen molar-refractivity contribution in [1.82, 2.24) is 4.57 Å². The molecule has 216 valence electrons. The van der Waals surface area contributed by atoms with Crippen LogP contribution in [0.3, 0.4) is 0 Å². The summed E-state index contributed by atoms with van der Waals surface area (Å²) in [5, 5.41) is 44.8. The minimum atomic E-state index is -0.516. The van der Waals surface area contributed by atoms with Crippen molar-refractivity contribution in [2.75, 3.05) is 0 Å². The Bertz CT molecular complexity index is 2050. The zero-order valence-electron chi connectivity index (χ0n) is 24.1. The number of phenolic OH excluding ortho intramolecular Hbond substituents is 4. The van der Waals surface area contributed by atoms with Crippen LogP contribution in [0.5, 0.6) is 23.0 Å². The fourth-order valence-electron chi connectivity index (χ4n) is 6.36. The first-order valence-corrected chi connectivity index (χ1v) is 14.7. The van der Waals surface area contributed by atoms with Gasteiger partial charge in [-0.3, -0.25) is 0 Å². The summed E-state index contributed by atoms with van der Waals surface area (Å²) in [6, 6.07) is 39.7. The van der Waals surface area contributed by atoms with Crippen LogP contribution in [0.1, 0.15) is 29.5 Å². The predicted molar refractivity (Wildman–Crippen MR) is 176 cm³/mol. The van der Waals surface area contributed by atoms with Gasteiger partial charge < -0.3 is 25.0 Å². The number of para-hydroxylation sites is 1. The number of aromatic hydroxyl groups is 4. The first-order valence-electron chi connectivity index (χ1n) is 14.7. The highest BCUT2D eigenvalue weighted by Crippen LogP contribution is 2.45. The molecule has 0 aliphatic rings. The maximum atomic E-state index is 11.4. The average molecular weight is 578 g/mol. The highest BCUT2D eigenvalue weighted by atomic mass is 16.3. The lowest BCUT2D eigenvalue weighted by Crippen LogP contribution is -2.05. The van der Waals surface area contributed by atoms with Crippen molar-refractivity contribution in [3.05, 3.63) is 144 Å². The summed E-state index contributed by atoms with van der Waals surface area (Å²) in [5.41, 5.74) is 8.04. The second kappa shape index (κ2) is 10.9. The van der Waals surface area contributed by atoms with Crippen molar-refractivity contribution >= 4 is 21.8 Å². The van der Waals surface area contributed by atoms with Crippen LogP contribution in [0.2, 0.25) is 0 Å². The number of phenols is 4. The van der Waals surface area contributed by atoms with Gasteiger partial charge in [-0.2, -0.15) is 0 Å². The lowest BCUT2D eigenvalue weighted by molar-refractivity contribution is 0.458. The van der Waals surface area contributed by atoms with Gasteiger partial charge in [-0.1, -0.05) is 60.7 Å². The van der Waals surface area contributed by atoms with E-state index in [9.17, 15) is 20.4 Å². The molecule has 0 amide bonds. The quantitative estimate of drug-likeness (QED) is 0.149. The molecule has 4 N–H and O–H groups in total. The molecule has 44 heavy (non-hydrogen) atoms. The smallest absolute Gasteiger partial charge is 0.119 e. The number of rotatable bonds is 6. The number of fused-ring (bicyclic) bond motifs is 3. The fourth-order valence-corrected chi connectivity index (χ4v) is 6.36. The van der Waals surface area contributed by atoms with Crippen molar-refractivity contribution in [1.29, 1.82) is 0 Å². The molecule has 0 radical (unpaired) electrons. The summed E-state index contributed by atoms with van der Waals surface area (Å²) < 4.78 is 2.30. The summed E-state index contributed by atoms with van der Waals surface area (Å²) in [6.45, 7) is 2.97. The molecule has 7 rings (SSSR count). The Morgan fingerprint density at radius 3 is 1.55 bits per heavy atom. The van der Waals surface area contributed by atoms with Crippen LogP contribution in [0, 0.1) is 0 Å². The molecule has 6 aromatic carbocycles. The van der Waals surface area contributed by atoms with Gasteiger partial charge in [0.25, 0.3) is 0 Å². The van der Waals surface area contributed by atoms with Gasteiger partial charge in [-0.15, -0.1) is 0 Å². The molecule has 5 heteroatoms. The van der Waals surface area contributed by atoms with E-state index in [4.69, 9.17) is 0 Å². The minimum absolute atomic E-state index is 0.114. The molecule has 0 bridgehead atoms. The van der Waals surface area contributed by atoms with E-state index in [2.05, 4.69) is 47.9 Å². The van der Waals surface area contributed by atoms with Gasteiger partial charge in [0.2, 0.25) is 0 Å². The molecule has 0 aliphatic carbocycles. The second-order valence-corrected chi connectivity index (χ2v) is 11.1. The molecule has 0 atom stereocenters. The lowest BCUT2D eigenvalue weighted by atomic mass is 9.81. The molecular weight excluding hydrogens is 546 g/mol. The van der Waals surface area contributed by atoms with Crippen molar-refractivity contribution in [3.8, 4) is 45.3 Å². The molecule has 0 fully saturated rings. The van der Waals surface area contributed by atoms with E-state index >= 15 is 0 Å². The number of hydrogen-bond acceptors (Lipinski definition) is 4. The molecule has 5 nitrogen and oxygen atoms in total. The third-order valence-corrected chi connectivity index (χ3v) is 8.52. The van der Waals surface area contributed by atoms with Crippen LogP contribution >= 0.6 is 0 Å². The SMILES string of the molecule is CCn1c2ccccc2c2cc(C(c3cc(-c4ccc(O)cc4)ccc3O)c3cc(-c4ccc(O)cc4)ccc3O)ccc21. The van der Waals surface area contributed by atoms with Crippen LogP contribution in [0.25, 0.3) is 44.1 Å². The number of aryl methyl sites for hydroxylation is 1. The third kappa shape index (κ3) is 4.69. The van der Waals surface area contributed by atoms with E-state index in [-0.39, 0.29) is 23.0 Å². The zero-order chi connectivity index (χ0) is 30.4. The van der Waals surface area contributed by atoms with E-state index in [1.54, 1.807) is 36.4 Å². The number of benzene rings is 6. The van der Waals surface area contributed by atoms with E-state index in [0.29, 0.717) is 11.1 Å². The molecule has 0 saturated heterocycles. The topological polar surface area (TPSA) is 85.9 Å². The van der Waals surface area contributed by atoms with Crippen molar-refractivity contribution in [2.24, 2.45) is 0 Å². The maximum Gasteiger partial charge on any atom is 0.119 e. The highest BCUT2D eigenvalue weighted by molar-refractivity contribution is 6.08. The van der Waals surface area contributed by atoms with Crippen LogP contribution < -0.4 is 0 Å². The van der Waals surface area contributed by atoms with E-state index in [1.165, 1.54) is 0 Å². The van der Waals surface area contributed by atoms with E-state index in [0.717, 1.165) is 56.2 Å².